The Hall–Kier alpha value is -5.61. The molecule has 4 aromatic rings. The second kappa shape index (κ2) is 19.0. The van der Waals surface area contributed by atoms with Crippen molar-refractivity contribution in [2.24, 2.45) is 0 Å². The molecule has 0 aromatic heterocycles. The number of halogens is 1. The molecule has 0 atom stereocenters. The van der Waals surface area contributed by atoms with Crippen molar-refractivity contribution in [3.8, 4) is 33.8 Å². The first-order chi connectivity index (χ1) is 22.4. The van der Waals surface area contributed by atoms with Gasteiger partial charge in [-0.05, 0) is 95.8 Å². The molecule has 0 fully saturated rings. The fourth-order valence-electron chi connectivity index (χ4n) is 3.98. The van der Waals surface area contributed by atoms with Crippen LogP contribution < -0.4 is 32.0 Å². The van der Waals surface area contributed by atoms with Gasteiger partial charge in [-0.1, -0.05) is 49.6 Å². The van der Waals surface area contributed by atoms with Gasteiger partial charge < -0.3 is 36.1 Å². The van der Waals surface area contributed by atoms with E-state index in [1.807, 2.05) is 74.5 Å². The summed E-state index contributed by atoms with van der Waals surface area (Å²) < 4.78 is 19.7. The summed E-state index contributed by atoms with van der Waals surface area (Å²) in [6.07, 6.45) is 2.39. The van der Waals surface area contributed by atoms with Gasteiger partial charge in [-0.25, -0.2) is 9.59 Å². The van der Waals surface area contributed by atoms with Crippen molar-refractivity contribution in [1.82, 2.24) is 0 Å². The summed E-state index contributed by atoms with van der Waals surface area (Å²) in [5.74, 6) is 1.24. The molecule has 0 bridgehead atoms. The van der Waals surface area contributed by atoms with Crippen LogP contribution in [0.4, 0.5) is 32.3 Å². The molecule has 4 rings (SSSR count). The maximum atomic E-state index is 11.6. The SMILES string of the molecule is C=CCOC(=O)Cl.C=CCOC(=O)Nc1ccc(-c2ccc(N)c(C)c2)cc1OC.COc1cc(-c2ccc(N)c(C)c2)ccc1N. The molecule has 0 saturated carbocycles. The van der Waals surface area contributed by atoms with E-state index in [1.54, 1.807) is 20.3 Å². The van der Waals surface area contributed by atoms with Crippen molar-refractivity contribution in [1.29, 1.82) is 0 Å². The number of carbonyl (C=O) groups is 2. The van der Waals surface area contributed by atoms with E-state index in [-0.39, 0.29) is 13.2 Å². The number of nitrogens with one attached hydrogen (secondary N) is 1. The van der Waals surface area contributed by atoms with Crippen LogP contribution in [0.5, 0.6) is 11.5 Å². The number of ether oxygens (including phenoxy) is 4. The highest BCUT2D eigenvalue weighted by Crippen LogP contribution is 2.32. The van der Waals surface area contributed by atoms with Crippen LogP contribution in [0.15, 0.2) is 98.1 Å². The van der Waals surface area contributed by atoms with E-state index < -0.39 is 11.5 Å². The number of anilines is 4. The second-order valence-electron chi connectivity index (χ2n) is 9.86. The molecule has 11 heteroatoms. The number of benzene rings is 4. The number of carbonyl (C=O) groups excluding carboxylic acids is 2. The molecule has 0 aliphatic heterocycles. The third-order valence-corrected chi connectivity index (χ3v) is 6.63. The average Bonchev–Trinajstić information content (AvgIpc) is 3.06. The Balaban J connectivity index is 0.000000280. The number of aryl methyl sites for hydroxylation is 2. The van der Waals surface area contributed by atoms with E-state index >= 15 is 0 Å². The van der Waals surface area contributed by atoms with Crippen LogP contribution in [0.1, 0.15) is 11.1 Å². The molecular weight excluding hydrogens is 620 g/mol. The van der Waals surface area contributed by atoms with E-state index in [9.17, 15) is 9.59 Å². The summed E-state index contributed by atoms with van der Waals surface area (Å²) in [5, 5.41) is 2.64. The molecule has 0 spiro atoms. The lowest BCUT2D eigenvalue weighted by atomic mass is 10.0. The van der Waals surface area contributed by atoms with Crippen molar-refractivity contribution >= 4 is 45.9 Å². The lowest BCUT2D eigenvalue weighted by Crippen LogP contribution is -2.14. The van der Waals surface area contributed by atoms with E-state index in [1.165, 1.54) is 12.2 Å². The Kier molecular flexibility index (Phi) is 15.2. The summed E-state index contributed by atoms with van der Waals surface area (Å²) in [6, 6.07) is 23.1. The number of hydrogen-bond acceptors (Lipinski definition) is 9. The fourth-order valence-corrected chi connectivity index (χ4v) is 4.04. The summed E-state index contributed by atoms with van der Waals surface area (Å²) >= 11 is 4.75. The van der Waals surface area contributed by atoms with Crippen LogP contribution in [0.2, 0.25) is 0 Å². The summed E-state index contributed by atoms with van der Waals surface area (Å²) in [4.78, 5) is 21.3. The first-order valence-electron chi connectivity index (χ1n) is 14.3. The van der Waals surface area contributed by atoms with Crippen LogP contribution in [0.25, 0.3) is 22.3 Å². The van der Waals surface area contributed by atoms with Gasteiger partial charge in [0.2, 0.25) is 0 Å². The molecular formula is C36H41ClN4O6. The highest BCUT2D eigenvalue weighted by atomic mass is 35.5. The van der Waals surface area contributed by atoms with Crippen LogP contribution in [0.3, 0.4) is 0 Å². The lowest BCUT2D eigenvalue weighted by Gasteiger charge is -2.12. The Morgan fingerprint density at radius 3 is 1.53 bits per heavy atom. The van der Waals surface area contributed by atoms with Crippen LogP contribution in [-0.4, -0.2) is 39.0 Å². The van der Waals surface area contributed by atoms with Gasteiger partial charge in [0, 0.05) is 23.0 Å². The molecule has 4 aromatic carbocycles. The van der Waals surface area contributed by atoms with Gasteiger partial charge in [0.25, 0.3) is 0 Å². The molecule has 0 unspecified atom stereocenters. The number of nitrogens with two attached hydrogens (primary N) is 3. The minimum Gasteiger partial charge on any atom is -0.495 e. The average molecular weight is 661 g/mol. The summed E-state index contributed by atoms with van der Waals surface area (Å²) in [5.41, 5.74) is 25.6. The van der Waals surface area contributed by atoms with Crippen molar-refractivity contribution in [3.05, 3.63) is 109 Å². The topological polar surface area (TPSA) is 161 Å². The van der Waals surface area contributed by atoms with Crippen molar-refractivity contribution in [2.45, 2.75) is 13.8 Å². The number of nitrogen functional groups attached to an aromatic ring is 3. The first kappa shape index (κ1) is 37.6. The van der Waals surface area contributed by atoms with Crippen LogP contribution in [-0.2, 0) is 9.47 Å². The summed E-state index contributed by atoms with van der Waals surface area (Å²) in [6.45, 7) is 11.1. The van der Waals surface area contributed by atoms with Gasteiger partial charge in [0.05, 0.1) is 25.6 Å². The largest absolute Gasteiger partial charge is 0.495 e. The third-order valence-electron chi connectivity index (χ3n) is 6.52. The van der Waals surface area contributed by atoms with Crippen molar-refractivity contribution in [3.63, 3.8) is 0 Å². The molecule has 0 heterocycles. The van der Waals surface area contributed by atoms with Crippen molar-refractivity contribution < 1.29 is 28.5 Å². The smallest absolute Gasteiger partial charge is 0.412 e. The van der Waals surface area contributed by atoms with E-state index in [4.69, 9.17) is 43.0 Å². The van der Waals surface area contributed by atoms with Crippen LogP contribution >= 0.6 is 11.6 Å². The normalized spacial score (nSPS) is 9.72. The molecule has 7 N–H and O–H groups in total. The predicted molar refractivity (Wildman–Crippen MR) is 192 cm³/mol. The first-order valence-corrected chi connectivity index (χ1v) is 14.6. The van der Waals surface area contributed by atoms with Gasteiger partial charge in [0.15, 0.2) is 0 Å². The molecule has 0 aliphatic carbocycles. The fraction of sp³-hybridized carbons (Fsp3) is 0.167. The van der Waals surface area contributed by atoms with Gasteiger partial charge in [0.1, 0.15) is 24.7 Å². The monoisotopic (exact) mass is 660 g/mol. The predicted octanol–water partition coefficient (Wildman–Crippen LogP) is 8.37. The van der Waals surface area contributed by atoms with E-state index in [0.717, 1.165) is 44.8 Å². The molecule has 0 radical (unpaired) electrons. The zero-order chi connectivity index (χ0) is 34.9. The Bertz CT molecular complexity index is 1690. The van der Waals surface area contributed by atoms with Gasteiger partial charge >= 0.3 is 11.5 Å². The number of hydrogen-bond donors (Lipinski definition) is 4. The van der Waals surface area contributed by atoms with Gasteiger partial charge in [-0.15, -0.1) is 0 Å². The Morgan fingerprint density at radius 2 is 1.11 bits per heavy atom. The Morgan fingerprint density at radius 1 is 0.681 bits per heavy atom. The zero-order valence-corrected chi connectivity index (χ0v) is 27.7. The maximum absolute atomic E-state index is 11.6. The lowest BCUT2D eigenvalue weighted by molar-refractivity contribution is 0.174. The van der Waals surface area contributed by atoms with Gasteiger partial charge in [-0.2, -0.15) is 0 Å². The van der Waals surface area contributed by atoms with Crippen LogP contribution in [0, 0.1) is 13.8 Å². The quantitative estimate of drug-likeness (QED) is 0.0785. The Labute approximate surface area is 280 Å². The molecule has 0 saturated heterocycles. The number of rotatable bonds is 9. The molecule has 47 heavy (non-hydrogen) atoms. The minimum absolute atomic E-state index is 0.150. The maximum Gasteiger partial charge on any atom is 0.412 e. The van der Waals surface area contributed by atoms with Crippen molar-refractivity contribution in [2.75, 3.05) is 50.0 Å². The standard InChI is InChI=1S/C18H20N2O3.C14H16N2O.C4H5ClO2/c1-4-9-23-18(21)20-16-8-6-14(11-17(16)22-3)13-5-7-15(19)12(2)10-13;1-9-7-10(3-5-12(9)15)11-4-6-13(16)14(8-11)17-2;1-2-3-7-4(5)6/h4-8,10-11H,1,9,19H2,2-3H3,(H,20,21);3-8H,15-16H2,1-2H3;2H,1,3H2. The van der Waals surface area contributed by atoms with E-state index in [2.05, 4.69) is 29.3 Å². The zero-order valence-electron chi connectivity index (χ0n) is 27.0. The van der Waals surface area contributed by atoms with Gasteiger partial charge in [-0.3, -0.25) is 5.32 Å². The minimum atomic E-state index is -0.792. The summed E-state index contributed by atoms with van der Waals surface area (Å²) in [7, 11) is 3.16. The highest BCUT2D eigenvalue weighted by Gasteiger charge is 2.10. The molecule has 0 aliphatic rings. The third kappa shape index (κ3) is 12.0. The molecule has 10 nitrogen and oxygen atoms in total. The second-order valence-corrected chi connectivity index (χ2v) is 10.2. The number of amides is 1. The number of methoxy groups -OCH3 is 2. The highest BCUT2D eigenvalue weighted by molar-refractivity contribution is 6.61. The molecule has 248 valence electrons. The molecule has 1 amide bonds. The van der Waals surface area contributed by atoms with E-state index in [0.29, 0.717) is 22.9 Å².